The Hall–Kier alpha value is -3.09. The summed E-state index contributed by atoms with van der Waals surface area (Å²) >= 11 is 5.87. The van der Waals surface area contributed by atoms with E-state index in [1.807, 2.05) is 0 Å². The van der Waals surface area contributed by atoms with Crippen LogP contribution < -0.4 is 9.47 Å². The molecular formula is C21H18ClNO5. The molecule has 144 valence electrons. The molecule has 0 bridgehead atoms. The number of ether oxygens (including phenoxy) is 2. The largest absolute Gasteiger partial charge is 0.507 e. The van der Waals surface area contributed by atoms with Gasteiger partial charge in [0.15, 0.2) is 5.75 Å². The van der Waals surface area contributed by atoms with Gasteiger partial charge in [0, 0.05) is 12.3 Å². The van der Waals surface area contributed by atoms with Crippen molar-refractivity contribution in [2.24, 2.45) is 0 Å². The molecule has 0 aliphatic heterocycles. The van der Waals surface area contributed by atoms with E-state index in [2.05, 4.69) is 4.98 Å². The van der Waals surface area contributed by atoms with E-state index < -0.39 is 12.3 Å². The van der Waals surface area contributed by atoms with Crippen molar-refractivity contribution in [1.82, 2.24) is 4.98 Å². The predicted molar refractivity (Wildman–Crippen MR) is 104 cm³/mol. The van der Waals surface area contributed by atoms with E-state index in [0.29, 0.717) is 16.1 Å². The fraction of sp³-hybridized carbons (Fsp3) is 0.143. The standard InChI is InChI=1S/C21H18ClNO5/c1-12-5-3-7-16(24)18(12)20(25)28-17-8-4-6-13(2)19(17)21(26)27-15-9-14(22)10-23-11-15/h3-11,20,24-25H,1-2H3. The maximum atomic E-state index is 12.7. The van der Waals surface area contributed by atoms with Gasteiger partial charge in [0.05, 0.1) is 16.8 Å². The Labute approximate surface area is 167 Å². The van der Waals surface area contributed by atoms with Gasteiger partial charge >= 0.3 is 5.97 Å². The number of aryl methyl sites for hydroxylation is 2. The van der Waals surface area contributed by atoms with Crippen molar-refractivity contribution < 1.29 is 24.5 Å². The minimum absolute atomic E-state index is 0.103. The number of aromatic nitrogens is 1. The zero-order valence-electron chi connectivity index (χ0n) is 15.2. The van der Waals surface area contributed by atoms with Crippen molar-refractivity contribution in [3.05, 3.63) is 82.1 Å². The van der Waals surface area contributed by atoms with Crippen LogP contribution >= 0.6 is 11.6 Å². The summed E-state index contributed by atoms with van der Waals surface area (Å²) in [7, 11) is 0. The number of carbonyl (C=O) groups is 1. The number of halogens is 1. The van der Waals surface area contributed by atoms with Crippen molar-refractivity contribution in [1.29, 1.82) is 0 Å². The normalized spacial score (nSPS) is 11.7. The van der Waals surface area contributed by atoms with E-state index >= 15 is 0 Å². The molecule has 0 saturated heterocycles. The van der Waals surface area contributed by atoms with Gasteiger partial charge in [-0.15, -0.1) is 0 Å². The van der Waals surface area contributed by atoms with E-state index in [4.69, 9.17) is 21.1 Å². The molecule has 6 nitrogen and oxygen atoms in total. The molecule has 2 aromatic carbocycles. The Morgan fingerprint density at radius 2 is 1.82 bits per heavy atom. The second-order valence-electron chi connectivity index (χ2n) is 6.15. The number of aliphatic hydroxyl groups is 1. The topological polar surface area (TPSA) is 88.9 Å². The first kappa shape index (κ1) is 19.7. The van der Waals surface area contributed by atoms with Crippen LogP contribution in [0.4, 0.5) is 0 Å². The van der Waals surface area contributed by atoms with Crippen LogP contribution in [0.2, 0.25) is 5.02 Å². The molecule has 0 aliphatic carbocycles. The summed E-state index contributed by atoms with van der Waals surface area (Å²) in [5.41, 5.74) is 1.62. The quantitative estimate of drug-likeness (QED) is 0.490. The van der Waals surface area contributed by atoms with Crippen LogP contribution in [0.25, 0.3) is 0 Å². The number of nitrogens with zero attached hydrogens (tertiary/aromatic N) is 1. The molecule has 2 N–H and O–H groups in total. The van der Waals surface area contributed by atoms with Crippen LogP contribution in [0.1, 0.15) is 33.3 Å². The van der Waals surface area contributed by atoms with Crippen molar-refractivity contribution in [3.8, 4) is 17.2 Å². The van der Waals surface area contributed by atoms with Crippen molar-refractivity contribution in [3.63, 3.8) is 0 Å². The number of pyridine rings is 1. The summed E-state index contributed by atoms with van der Waals surface area (Å²) < 4.78 is 11.0. The predicted octanol–water partition coefficient (Wildman–Crippen LogP) is 4.35. The highest BCUT2D eigenvalue weighted by Gasteiger charge is 2.23. The Balaban J connectivity index is 1.91. The minimum Gasteiger partial charge on any atom is -0.507 e. The molecule has 28 heavy (non-hydrogen) atoms. The molecule has 1 unspecified atom stereocenters. The molecule has 0 radical (unpaired) electrons. The number of phenolic OH excluding ortho intramolecular Hbond substituents is 1. The number of hydrogen-bond acceptors (Lipinski definition) is 6. The van der Waals surface area contributed by atoms with Crippen LogP contribution in [0, 0.1) is 13.8 Å². The summed E-state index contributed by atoms with van der Waals surface area (Å²) in [5.74, 6) is -0.480. The molecule has 1 heterocycles. The first-order chi connectivity index (χ1) is 13.4. The summed E-state index contributed by atoms with van der Waals surface area (Å²) in [6.07, 6.45) is 1.32. The van der Waals surface area contributed by atoms with Gasteiger partial charge in [0.1, 0.15) is 17.1 Å². The van der Waals surface area contributed by atoms with Crippen LogP contribution in [0.15, 0.2) is 54.9 Å². The number of phenols is 1. The number of carbonyl (C=O) groups excluding carboxylic acids is 1. The van der Waals surface area contributed by atoms with Gasteiger partial charge < -0.3 is 19.7 Å². The van der Waals surface area contributed by atoms with E-state index in [0.717, 1.165) is 0 Å². The molecule has 1 aromatic heterocycles. The second kappa shape index (κ2) is 8.29. The lowest BCUT2D eigenvalue weighted by Gasteiger charge is -2.19. The maximum Gasteiger partial charge on any atom is 0.347 e. The lowest BCUT2D eigenvalue weighted by atomic mass is 10.1. The van der Waals surface area contributed by atoms with Gasteiger partial charge in [0.2, 0.25) is 6.29 Å². The summed E-state index contributed by atoms with van der Waals surface area (Å²) in [5, 5.41) is 20.9. The van der Waals surface area contributed by atoms with Crippen molar-refractivity contribution in [2.45, 2.75) is 20.1 Å². The fourth-order valence-corrected chi connectivity index (χ4v) is 2.94. The molecule has 0 saturated carbocycles. The molecule has 7 heteroatoms. The first-order valence-corrected chi connectivity index (χ1v) is 8.80. The average molecular weight is 400 g/mol. The van der Waals surface area contributed by atoms with Gasteiger partial charge in [0.25, 0.3) is 0 Å². The molecular weight excluding hydrogens is 382 g/mol. The third-order valence-corrected chi connectivity index (χ3v) is 4.32. The Morgan fingerprint density at radius 3 is 2.54 bits per heavy atom. The number of hydrogen-bond donors (Lipinski definition) is 2. The van der Waals surface area contributed by atoms with Gasteiger partial charge in [-0.1, -0.05) is 35.9 Å². The SMILES string of the molecule is Cc1cccc(OC(O)c2c(C)cccc2O)c1C(=O)Oc1cncc(Cl)c1. The lowest BCUT2D eigenvalue weighted by molar-refractivity contribution is -0.0220. The van der Waals surface area contributed by atoms with E-state index in [1.165, 1.54) is 24.5 Å². The van der Waals surface area contributed by atoms with Crippen molar-refractivity contribution in [2.75, 3.05) is 0 Å². The summed E-state index contributed by atoms with van der Waals surface area (Å²) in [6, 6.07) is 11.3. The molecule has 1 atom stereocenters. The highest BCUT2D eigenvalue weighted by atomic mass is 35.5. The number of rotatable bonds is 5. The number of aromatic hydroxyl groups is 1. The van der Waals surface area contributed by atoms with Crippen LogP contribution in [-0.4, -0.2) is 21.2 Å². The molecule has 3 rings (SSSR count). The number of aliphatic hydroxyl groups excluding tert-OH is 1. The van der Waals surface area contributed by atoms with Crippen LogP contribution in [0.3, 0.4) is 0 Å². The first-order valence-electron chi connectivity index (χ1n) is 8.42. The van der Waals surface area contributed by atoms with Gasteiger partial charge in [-0.2, -0.15) is 0 Å². The number of esters is 1. The van der Waals surface area contributed by atoms with E-state index in [1.54, 1.807) is 44.2 Å². The third kappa shape index (κ3) is 4.24. The number of benzene rings is 2. The molecule has 0 amide bonds. The molecule has 0 aliphatic rings. The molecule has 0 fully saturated rings. The van der Waals surface area contributed by atoms with E-state index in [9.17, 15) is 15.0 Å². The fourth-order valence-electron chi connectivity index (χ4n) is 2.77. The third-order valence-electron chi connectivity index (χ3n) is 4.12. The van der Waals surface area contributed by atoms with Gasteiger partial charge in [-0.05, 0) is 37.1 Å². The molecule has 0 spiro atoms. The van der Waals surface area contributed by atoms with Crippen molar-refractivity contribution >= 4 is 17.6 Å². The summed E-state index contributed by atoms with van der Waals surface area (Å²) in [6.45, 7) is 3.45. The van der Waals surface area contributed by atoms with Gasteiger partial charge in [-0.3, -0.25) is 4.98 Å². The van der Waals surface area contributed by atoms with Crippen LogP contribution in [0.5, 0.6) is 17.2 Å². The second-order valence-corrected chi connectivity index (χ2v) is 6.59. The lowest BCUT2D eigenvalue weighted by Crippen LogP contribution is -2.15. The zero-order valence-corrected chi connectivity index (χ0v) is 16.0. The highest BCUT2D eigenvalue weighted by molar-refractivity contribution is 6.30. The van der Waals surface area contributed by atoms with Crippen LogP contribution in [-0.2, 0) is 0 Å². The Morgan fingerprint density at radius 1 is 1.11 bits per heavy atom. The summed E-state index contributed by atoms with van der Waals surface area (Å²) in [4.78, 5) is 16.6. The highest BCUT2D eigenvalue weighted by Crippen LogP contribution is 2.32. The van der Waals surface area contributed by atoms with Gasteiger partial charge in [-0.25, -0.2) is 4.79 Å². The Bertz CT molecular complexity index is 1000. The Kier molecular flexibility index (Phi) is 5.82. The average Bonchev–Trinajstić information content (AvgIpc) is 2.61. The monoisotopic (exact) mass is 399 g/mol. The smallest absolute Gasteiger partial charge is 0.347 e. The zero-order chi connectivity index (χ0) is 20.3. The molecule has 3 aromatic rings. The maximum absolute atomic E-state index is 12.7. The minimum atomic E-state index is -1.47. The van der Waals surface area contributed by atoms with E-state index in [-0.39, 0.29) is 28.4 Å².